The van der Waals surface area contributed by atoms with E-state index in [1.54, 1.807) is 14.2 Å². The highest BCUT2D eigenvalue weighted by Gasteiger charge is 2.22. The zero-order valence-corrected chi connectivity index (χ0v) is 18.0. The lowest BCUT2D eigenvalue weighted by molar-refractivity contribution is 0.103. The number of hydrogen-bond donors (Lipinski definition) is 0. The van der Waals surface area contributed by atoms with E-state index in [0.717, 1.165) is 26.7 Å². The van der Waals surface area contributed by atoms with Gasteiger partial charge in [-0.2, -0.15) is 0 Å². The van der Waals surface area contributed by atoms with Crippen LogP contribution in [0.15, 0.2) is 71.3 Å². The molecule has 0 bridgehead atoms. The minimum absolute atomic E-state index is 0.0344. The maximum absolute atomic E-state index is 13.5. The molecule has 2 heterocycles. The second-order valence-electron chi connectivity index (χ2n) is 6.76. The zero-order valence-electron chi connectivity index (χ0n) is 16.4. The second-order valence-corrected chi connectivity index (χ2v) is 7.67. The average Bonchev–Trinajstić information content (AvgIpc) is 3.14. The van der Waals surface area contributed by atoms with Crippen LogP contribution < -0.4 is 9.47 Å². The molecule has 0 atom stereocenters. The molecule has 0 N–H and O–H groups in total. The van der Waals surface area contributed by atoms with Crippen molar-refractivity contribution in [2.75, 3.05) is 14.2 Å². The number of pyridine rings is 1. The van der Waals surface area contributed by atoms with E-state index in [9.17, 15) is 4.79 Å². The van der Waals surface area contributed by atoms with Gasteiger partial charge in [0.15, 0.2) is 11.5 Å². The molecule has 2 aromatic heterocycles. The lowest BCUT2D eigenvalue weighted by atomic mass is 10.00. The van der Waals surface area contributed by atoms with Crippen molar-refractivity contribution >= 4 is 27.2 Å². The van der Waals surface area contributed by atoms with Crippen LogP contribution in [0.25, 0.3) is 16.6 Å². The molecule has 0 fully saturated rings. The fraction of sp³-hybridized carbons (Fsp3) is 0.125. The van der Waals surface area contributed by atoms with Crippen LogP contribution in [0.1, 0.15) is 21.6 Å². The molecular formula is C24H20BrNO3. The van der Waals surface area contributed by atoms with E-state index in [-0.39, 0.29) is 5.78 Å². The molecule has 0 saturated carbocycles. The number of benzene rings is 2. The predicted molar refractivity (Wildman–Crippen MR) is 118 cm³/mol. The summed E-state index contributed by atoms with van der Waals surface area (Å²) in [6.45, 7) is 2.04. The van der Waals surface area contributed by atoms with Gasteiger partial charge in [0.1, 0.15) is 5.69 Å². The second kappa shape index (κ2) is 7.76. The summed E-state index contributed by atoms with van der Waals surface area (Å²) in [5.74, 6) is 1.24. The van der Waals surface area contributed by atoms with E-state index in [2.05, 4.69) is 22.0 Å². The summed E-state index contributed by atoms with van der Waals surface area (Å²) in [6, 6.07) is 19.2. The Balaban J connectivity index is 1.97. The molecule has 0 unspecified atom stereocenters. The quantitative estimate of drug-likeness (QED) is 0.354. The maximum atomic E-state index is 13.5. The standard InChI is InChI=1S/C24H20BrNO3/c1-15-5-4-12-26-20(15)14-19(17-8-11-21(28-2)22(13-17)29-3)23(26)24(27)16-6-9-18(25)10-7-16/h4-14H,1-3H3. The minimum Gasteiger partial charge on any atom is -0.493 e. The first kappa shape index (κ1) is 19.3. The van der Waals surface area contributed by atoms with Crippen LogP contribution in [-0.2, 0) is 0 Å². The van der Waals surface area contributed by atoms with Crippen molar-refractivity contribution in [3.63, 3.8) is 0 Å². The van der Waals surface area contributed by atoms with E-state index >= 15 is 0 Å². The lowest BCUT2D eigenvalue weighted by Gasteiger charge is -2.11. The zero-order chi connectivity index (χ0) is 20.5. The highest BCUT2D eigenvalue weighted by Crippen LogP contribution is 2.36. The Morgan fingerprint density at radius 1 is 0.931 bits per heavy atom. The number of methoxy groups -OCH3 is 2. The molecule has 0 aliphatic rings. The monoisotopic (exact) mass is 449 g/mol. The lowest BCUT2D eigenvalue weighted by Crippen LogP contribution is -2.07. The van der Waals surface area contributed by atoms with Gasteiger partial charge in [0.2, 0.25) is 5.78 Å². The van der Waals surface area contributed by atoms with E-state index in [0.29, 0.717) is 22.8 Å². The average molecular weight is 450 g/mol. The third kappa shape index (κ3) is 3.42. The first-order chi connectivity index (χ1) is 14.0. The number of aromatic nitrogens is 1. The van der Waals surface area contributed by atoms with Crippen molar-refractivity contribution in [3.8, 4) is 22.6 Å². The summed E-state index contributed by atoms with van der Waals surface area (Å²) in [5.41, 5.74) is 5.11. The summed E-state index contributed by atoms with van der Waals surface area (Å²) >= 11 is 3.43. The highest BCUT2D eigenvalue weighted by atomic mass is 79.9. The fourth-order valence-corrected chi connectivity index (χ4v) is 3.80. The Kier molecular flexibility index (Phi) is 5.16. The van der Waals surface area contributed by atoms with E-state index in [1.165, 1.54) is 0 Å². The molecule has 4 rings (SSSR count). The largest absolute Gasteiger partial charge is 0.493 e. The van der Waals surface area contributed by atoms with E-state index in [4.69, 9.17) is 9.47 Å². The molecule has 0 radical (unpaired) electrons. The van der Waals surface area contributed by atoms with Crippen molar-refractivity contribution < 1.29 is 14.3 Å². The summed E-state index contributed by atoms with van der Waals surface area (Å²) < 4.78 is 13.7. The van der Waals surface area contributed by atoms with Crippen LogP contribution in [0.4, 0.5) is 0 Å². The number of rotatable bonds is 5. The Bertz CT molecular complexity index is 1210. The first-order valence-corrected chi connectivity index (χ1v) is 9.96. The fourth-order valence-electron chi connectivity index (χ4n) is 3.54. The molecular weight excluding hydrogens is 430 g/mol. The van der Waals surface area contributed by atoms with Crippen molar-refractivity contribution in [2.45, 2.75) is 6.92 Å². The van der Waals surface area contributed by atoms with Gasteiger partial charge in [-0.05, 0) is 66.6 Å². The topological polar surface area (TPSA) is 39.9 Å². The molecule has 29 heavy (non-hydrogen) atoms. The maximum Gasteiger partial charge on any atom is 0.210 e. The van der Waals surface area contributed by atoms with Gasteiger partial charge in [-0.3, -0.25) is 4.79 Å². The number of halogens is 1. The summed E-state index contributed by atoms with van der Waals surface area (Å²) in [6.07, 6.45) is 1.93. The SMILES string of the molecule is COc1ccc(-c2cc3c(C)cccn3c2C(=O)c2ccc(Br)cc2)cc1OC. The van der Waals surface area contributed by atoms with Crippen LogP contribution in [0.5, 0.6) is 11.5 Å². The smallest absolute Gasteiger partial charge is 0.210 e. The molecule has 0 aliphatic carbocycles. The number of carbonyl (C=O) groups is 1. The molecule has 4 nitrogen and oxygen atoms in total. The minimum atomic E-state index is -0.0344. The van der Waals surface area contributed by atoms with Gasteiger partial charge >= 0.3 is 0 Å². The molecule has 146 valence electrons. The van der Waals surface area contributed by atoms with Crippen LogP contribution in [0.2, 0.25) is 0 Å². The van der Waals surface area contributed by atoms with Gasteiger partial charge in [-0.1, -0.05) is 28.1 Å². The van der Waals surface area contributed by atoms with Crippen LogP contribution in [0.3, 0.4) is 0 Å². The number of carbonyl (C=O) groups excluding carboxylic acids is 1. The van der Waals surface area contributed by atoms with Gasteiger partial charge in [-0.15, -0.1) is 0 Å². The van der Waals surface area contributed by atoms with Gasteiger partial charge < -0.3 is 13.9 Å². The molecule has 0 amide bonds. The predicted octanol–water partition coefficient (Wildman–Crippen LogP) is 5.93. The number of nitrogens with zero attached hydrogens (tertiary/aromatic N) is 1. The Hall–Kier alpha value is -3.05. The van der Waals surface area contributed by atoms with E-state index < -0.39 is 0 Å². The first-order valence-electron chi connectivity index (χ1n) is 9.17. The Morgan fingerprint density at radius 2 is 1.66 bits per heavy atom. The van der Waals surface area contributed by atoms with Gasteiger partial charge in [0, 0.05) is 27.3 Å². The Morgan fingerprint density at radius 3 is 2.34 bits per heavy atom. The summed E-state index contributed by atoms with van der Waals surface area (Å²) in [5, 5.41) is 0. The van der Waals surface area contributed by atoms with Gasteiger partial charge in [0.25, 0.3) is 0 Å². The van der Waals surface area contributed by atoms with E-state index in [1.807, 2.05) is 72.1 Å². The third-order valence-corrected chi connectivity index (χ3v) is 5.57. The summed E-state index contributed by atoms with van der Waals surface area (Å²) in [7, 11) is 3.21. The van der Waals surface area contributed by atoms with Crippen LogP contribution in [-0.4, -0.2) is 24.4 Å². The summed E-state index contributed by atoms with van der Waals surface area (Å²) in [4.78, 5) is 13.5. The molecule has 0 saturated heterocycles. The number of ether oxygens (including phenoxy) is 2. The molecule has 2 aromatic carbocycles. The van der Waals surface area contributed by atoms with Crippen molar-refractivity contribution in [1.29, 1.82) is 0 Å². The van der Waals surface area contributed by atoms with Crippen LogP contribution >= 0.6 is 15.9 Å². The van der Waals surface area contributed by atoms with Crippen LogP contribution in [0, 0.1) is 6.92 Å². The van der Waals surface area contributed by atoms with Crippen molar-refractivity contribution in [3.05, 3.63) is 88.2 Å². The molecule has 0 aliphatic heterocycles. The number of aryl methyl sites for hydroxylation is 1. The molecule has 0 spiro atoms. The number of ketones is 1. The number of fused-ring (bicyclic) bond motifs is 1. The third-order valence-electron chi connectivity index (χ3n) is 5.04. The normalized spacial score (nSPS) is 10.9. The van der Waals surface area contributed by atoms with Crippen molar-refractivity contribution in [2.24, 2.45) is 0 Å². The molecule has 5 heteroatoms. The number of hydrogen-bond acceptors (Lipinski definition) is 3. The molecule has 4 aromatic rings. The van der Waals surface area contributed by atoms with Crippen molar-refractivity contribution in [1.82, 2.24) is 4.40 Å². The van der Waals surface area contributed by atoms with Gasteiger partial charge in [0.05, 0.1) is 14.2 Å². The highest BCUT2D eigenvalue weighted by molar-refractivity contribution is 9.10. The van der Waals surface area contributed by atoms with Gasteiger partial charge in [-0.25, -0.2) is 0 Å². The Labute approximate surface area is 177 Å².